The molecule has 1 aliphatic rings. The number of carbonyl (C=O) groups excluding carboxylic acids is 2. The summed E-state index contributed by atoms with van der Waals surface area (Å²) in [7, 11) is 1.51. The Morgan fingerprint density at radius 3 is 2.86 bits per heavy atom. The third-order valence-electron chi connectivity index (χ3n) is 5.09. The summed E-state index contributed by atoms with van der Waals surface area (Å²) in [4.78, 5) is 31.8. The predicted molar refractivity (Wildman–Crippen MR) is 108 cm³/mol. The lowest BCUT2D eigenvalue weighted by Gasteiger charge is -2.37. The molecule has 2 amide bonds. The molecule has 8 nitrogen and oxygen atoms in total. The number of aliphatic hydroxyl groups excluding tert-OH is 1. The topological polar surface area (TPSA) is 101 Å². The molecule has 8 heteroatoms. The van der Waals surface area contributed by atoms with Crippen LogP contribution in [0.3, 0.4) is 0 Å². The summed E-state index contributed by atoms with van der Waals surface area (Å²) in [6.45, 7) is 4.67. The second-order valence-electron chi connectivity index (χ2n) is 7.42. The highest BCUT2D eigenvalue weighted by atomic mass is 16.5. The zero-order valence-electron chi connectivity index (χ0n) is 17.0. The fraction of sp³-hybridized carbons (Fsp3) is 0.476. The number of aliphatic hydroxyl groups is 1. The molecule has 0 spiro atoms. The van der Waals surface area contributed by atoms with E-state index in [-0.39, 0.29) is 25.0 Å². The summed E-state index contributed by atoms with van der Waals surface area (Å²) in [5.74, 6) is -0.404. The smallest absolute Gasteiger partial charge is 0.254 e. The number of hydrogen-bond donors (Lipinski definition) is 2. The average molecular weight is 401 g/mol. The van der Waals surface area contributed by atoms with Gasteiger partial charge in [-0.1, -0.05) is 18.2 Å². The number of amides is 2. The maximum atomic E-state index is 12.8. The quantitative estimate of drug-likeness (QED) is 0.756. The predicted octanol–water partition coefficient (Wildman–Crippen LogP) is 1.28. The number of fused-ring (bicyclic) bond motifs is 1. The highest BCUT2D eigenvalue weighted by Crippen LogP contribution is 2.27. The Labute approximate surface area is 169 Å². The number of nitrogens with zero attached hydrogens (tertiary/aromatic N) is 2. The molecule has 29 heavy (non-hydrogen) atoms. The lowest BCUT2D eigenvalue weighted by Crippen LogP contribution is -2.51. The van der Waals surface area contributed by atoms with Crippen molar-refractivity contribution in [3.63, 3.8) is 0 Å². The highest BCUT2D eigenvalue weighted by molar-refractivity contribution is 6.06. The minimum absolute atomic E-state index is 0.116. The summed E-state index contributed by atoms with van der Waals surface area (Å²) in [6.07, 6.45) is -0.450. The van der Waals surface area contributed by atoms with Crippen LogP contribution in [0.25, 0.3) is 10.9 Å². The monoisotopic (exact) mass is 401 g/mol. The second kappa shape index (κ2) is 8.86. The summed E-state index contributed by atoms with van der Waals surface area (Å²) in [5, 5.41) is 12.4. The largest absolute Gasteiger partial charge is 0.395 e. The van der Waals surface area contributed by atoms with Crippen LogP contribution in [-0.4, -0.2) is 72.4 Å². The number of methoxy groups -OCH3 is 1. The minimum Gasteiger partial charge on any atom is -0.395 e. The first-order valence-electron chi connectivity index (χ1n) is 9.62. The van der Waals surface area contributed by atoms with Crippen molar-refractivity contribution >= 4 is 22.7 Å². The Hall–Kier alpha value is -2.55. The maximum absolute atomic E-state index is 12.8. The van der Waals surface area contributed by atoms with Gasteiger partial charge in [-0.3, -0.25) is 9.59 Å². The fourth-order valence-electron chi connectivity index (χ4n) is 3.29. The van der Waals surface area contributed by atoms with Crippen LogP contribution in [0, 0.1) is 0 Å². The van der Waals surface area contributed by atoms with E-state index in [1.165, 1.54) is 7.11 Å². The van der Waals surface area contributed by atoms with E-state index in [1.807, 2.05) is 24.3 Å². The van der Waals surface area contributed by atoms with Crippen molar-refractivity contribution in [2.24, 2.45) is 0 Å². The molecule has 1 unspecified atom stereocenters. The zero-order valence-corrected chi connectivity index (χ0v) is 17.0. The summed E-state index contributed by atoms with van der Waals surface area (Å²) >= 11 is 0. The second-order valence-corrected chi connectivity index (χ2v) is 7.42. The van der Waals surface area contributed by atoms with Gasteiger partial charge < -0.3 is 24.8 Å². The molecular formula is C21H27N3O5. The molecule has 1 aromatic carbocycles. The Morgan fingerprint density at radius 1 is 1.38 bits per heavy atom. The SMILES string of the molecule is COC(C)(C)C(=O)N1CCOC(c2cc(C(=O)NCCO)c3ccccc3n2)C1. The van der Waals surface area contributed by atoms with E-state index in [9.17, 15) is 9.59 Å². The van der Waals surface area contributed by atoms with Crippen LogP contribution in [0.1, 0.15) is 36.0 Å². The lowest BCUT2D eigenvalue weighted by atomic mass is 10.0. The molecule has 1 aromatic heterocycles. The number of carbonyl (C=O) groups is 2. The van der Waals surface area contributed by atoms with Crippen LogP contribution >= 0.6 is 0 Å². The molecule has 2 aromatic rings. The van der Waals surface area contributed by atoms with E-state index in [0.29, 0.717) is 36.5 Å². The van der Waals surface area contributed by atoms with E-state index >= 15 is 0 Å². The van der Waals surface area contributed by atoms with Gasteiger partial charge in [0.25, 0.3) is 11.8 Å². The third kappa shape index (κ3) is 4.55. The molecule has 2 heterocycles. The molecule has 1 atom stereocenters. The number of aromatic nitrogens is 1. The van der Waals surface area contributed by atoms with Crippen molar-refractivity contribution in [2.45, 2.75) is 25.6 Å². The summed E-state index contributed by atoms with van der Waals surface area (Å²) in [5.41, 5.74) is 0.797. The molecule has 1 fully saturated rings. The van der Waals surface area contributed by atoms with E-state index in [4.69, 9.17) is 14.6 Å². The zero-order chi connectivity index (χ0) is 21.0. The molecule has 3 rings (SSSR count). The standard InChI is InChI=1S/C21H27N3O5/c1-21(2,28-3)20(27)24-9-11-29-18(13-24)17-12-15(19(26)22-8-10-25)14-6-4-5-7-16(14)23-17/h4-7,12,18,25H,8-11,13H2,1-3H3,(H,22,26). The lowest BCUT2D eigenvalue weighted by molar-refractivity contribution is -0.158. The molecular weight excluding hydrogens is 374 g/mol. The highest BCUT2D eigenvalue weighted by Gasteiger charge is 2.35. The number of hydrogen-bond acceptors (Lipinski definition) is 6. The number of morpholine rings is 1. The Balaban J connectivity index is 1.92. The van der Waals surface area contributed by atoms with Gasteiger partial charge in [-0.25, -0.2) is 4.98 Å². The van der Waals surface area contributed by atoms with Crippen LogP contribution in [0.4, 0.5) is 0 Å². The van der Waals surface area contributed by atoms with E-state index in [2.05, 4.69) is 10.3 Å². The minimum atomic E-state index is -0.923. The Kier molecular flexibility index (Phi) is 6.46. The summed E-state index contributed by atoms with van der Waals surface area (Å²) in [6, 6.07) is 9.07. The van der Waals surface area contributed by atoms with Gasteiger partial charge in [0, 0.05) is 25.6 Å². The van der Waals surface area contributed by atoms with E-state index < -0.39 is 11.7 Å². The Morgan fingerprint density at radius 2 is 2.14 bits per heavy atom. The molecule has 156 valence electrons. The number of pyridine rings is 1. The van der Waals surface area contributed by atoms with Gasteiger partial charge >= 0.3 is 0 Å². The number of nitrogens with one attached hydrogen (secondary N) is 1. The van der Waals surface area contributed by atoms with Crippen molar-refractivity contribution in [3.8, 4) is 0 Å². The molecule has 2 N–H and O–H groups in total. The Bertz CT molecular complexity index is 899. The van der Waals surface area contributed by atoms with Gasteiger partial charge in [-0.2, -0.15) is 0 Å². The normalized spacial score (nSPS) is 17.4. The van der Waals surface area contributed by atoms with Crippen LogP contribution in [0.2, 0.25) is 0 Å². The van der Waals surface area contributed by atoms with Crippen LogP contribution < -0.4 is 5.32 Å². The van der Waals surface area contributed by atoms with Gasteiger partial charge in [0.1, 0.15) is 11.7 Å². The maximum Gasteiger partial charge on any atom is 0.254 e. The summed E-state index contributed by atoms with van der Waals surface area (Å²) < 4.78 is 11.2. The van der Waals surface area contributed by atoms with Crippen LogP contribution in [0.5, 0.6) is 0 Å². The molecule has 0 saturated carbocycles. The van der Waals surface area contributed by atoms with Gasteiger partial charge in [0.05, 0.1) is 36.5 Å². The van der Waals surface area contributed by atoms with Gasteiger partial charge in [0.2, 0.25) is 0 Å². The third-order valence-corrected chi connectivity index (χ3v) is 5.09. The molecule has 1 saturated heterocycles. The number of ether oxygens (including phenoxy) is 2. The van der Waals surface area contributed by atoms with Gasteiger partial charge in [-0.05, 0) is 26.0 Å². The van der Waals surface area contributed by atoms with Crippen molar-refractivity contribution < 1.29 is 24.2 Å². The van der Waals surface area contributed by atoms with Gasteiger partial charge in [0.15, 0.2) is 0 Å². The number of para-hydroxylation sites is 1. The van der Waals surface area contributed by atoms with Crippen LogP contribution in [-0.2, 0) is 14.3 Å². The number of benzene rings is 1. The molecule has 0 aliphatic carbocycles. The number of rotatable bonds is 6. The first-order valence-corrected chi connectivity index (χ1v) is 9.62. The first-order chi connectivity index (χ1) is 13.9. The van der Waals surface area contributed by atoms with Crippen molar-refractivity contribution in [1.82, 2.24) is 15.2 Å². The van der Waals surface area contributed by atoms with Crippen LogP contribution in [0.15, 0.2) is 30.3 Å². The van der Waals surface area contributed by atoms with Crippen molar-refractivity contribution in [1.29, 1.82) is 0 Å². The molecule has 0 radical (unpaired) electrons. The fourth-order valence-corrected chi connectivity index (χ4v) is 3.29. The average Bonchev–Trinajstić information content (AvgIpc) is 2.76. The van der Waals surface area contributed by atoms with E-state index in [1.54, 1.807) is 24.8 Å². The first kappa shape index (κ1) is 21.2. The van der Waals surface area contributed by atoms with Crippen molar-refractivity contribution in [3.05, 3.63) is 41.6 Å². The van der Waals surface area contributed by atoms with E-state index in [0.717, 1.165) is 5.39 Å². The van der Waals surface area contributed by atoms with Gasteiger partial charge in [-0.15, -0.1) is 0 Å². The van der Waals surface area contributed by atoms with Crippen molar-refractivity contribution in [2.75, 3.05) is 40.0 Å². The molecule has 1 aliphatic heterocycles. The molecule has 0 bridgehead atoms.